The molecule has 0 aliphatic heterocycles. The summed E-state index contributed by atoms with van der Waals surface area (Å²) in [6.07, 6.45) is 0. The van der Waals surface area contributed by atoms with E-state index >= 15 is 0 Å². The molecule has 104 valence electrons. The fraction of sp³-hybridized carbons (Fsp3) is 0.133. The second-order valence-corrected chi connectivity index (χ2v) is 4.39. The van der Waals surface area contributed by atoms with Crippen LogP contribution < -0.4 is 10.5 Å². The zero-order valence-corrected chi connectivity index (χ0v) is 11.0. The lowest BCUT2D eigenvalue weighted by molar-refractivity contribution is 0.103. The number of anilines is 1. The van der Waals surface area contributed by atoms with Gasteiger partial charge in [-0.2, -0.15) is 0 Å². The molecule has 0 aromatic heterocycles. The van der Waals surface area contributed by atoms with E-state index in [1.54, 1.807) is 13.0 Å². The lowest BCUT2D eigenvalue weighted by atomic mass is 9.99. The van der Waals surface area contributed by atoms with Crippen LogP contribution in [-0.4, -0.2) is 12.9 Å². The molecule has 0 unspecified atom stereocenters. The molecular formula is C15H13F2NO2. The second kappa shape index (κ2) is 5.28. The van der Waals surface area contributed by atoms with Crippen molar-refractivity contribution in [1.82, 2.24) is 0 Å². The molecular weight excluding hydrogens is 264 g/mol. The smallest absolute Gasteiger partial charge is 0.201 e. The molecule has 0 saturated carbocycles. The first-order chi connectivity index (χ1) is 9.43. The molecule has 0 fully saturated rings. The summed E-state index contributed by atoms with van der Waals surface area (Å²) in [6, 6.07) is 6.67. The topological polar surface area (TPSA) is 52.3 Å². The fourth-order valence-electron chi connectivity index (χ4n) is 1.89. The van der Waals surface area contributed by atoms with Gasteiger partial charge in [0.1, 0.15) is 17.4 Å². The van der Waals surface area contributed by atoms with Crippen LogP contribution in [0.15, 0.2) is 30.3 Å². The van der Waals surface area contributed by atoms with E-state index in [1.807, 2.05) is 0 Å². The van der Waals surface area contributed by atoms with E-state index in [9.17, 15) is 13.6 Å². The maximum absolute atomic E-state index is 13.9. The largest absolute Gasteiger partial charge is 0.497 e. The number of carbonyl (C=O) groups excluding carboxylic acids is 1. The molecule has 0 amide bonds. The Labute approximate surface area is 115 Å². The number of halogens is 2. The Bertz CT molecular complexity index is 661. The van der Waals surface area contributed by atoms with Crippen LogP contribution in [-0.2, 0) is 0 Å². The minimum Gasteiger partial charge on any atom is -0.497 e. The predicted molar refractivity (Wildman–Crippen MR) is 71.9 cm³/mol. The van der Waals surface area contributed by atoms with E-state index in [0.29, 0.717) is 0 Å². The Morgan fingerprint density at radius 1 is 1.15 bits per heavy atom. The maximum Gasteiger partial charge on any atom is 0.201 e. The third kappa shape index (κ3) is 2.47. The van der Waals surface area contributed by atoms with Crippen LogP contribution in [0.4, 0.5) is 14.5 Å². The molecule has 0 aliphatic rings. The molecule has 0 aliphatic carbocycles. The normalized spacial score (nSPS) is 10.4. The fourth-order valence-corrected chi connectivity index (χ4v) is 1.89. The summed E-state index contributed by atoms with van der Waals surface area (Å²) in [7, 11) is 1.29. The highest BCUT2D eigenvalue weighted by molar-refractivity contribution is 6.12. The van der Waals surface area contributed by atoms with Gasteiger partial charge < -0.3 is 10.5 Å². The van der Waals surface area contributed by atoms with Crippen molar-refractivity contribution in [3.63, 3.8) is 0 Å². The SMILES string of the molecule is COc1cc(F)c(C(=O)c2cc(C)ccc2N)c(F)c1. The molecule has 2 aromatic carbocycles. The molecule has 0 spiro atoms. The zero-order valence-electron chi connectivity index (χ0n) is 11.0. The first kappa shape index (κ1) is 14.0. The van der Waals surface area contributed by atoms with Crippen molar-refractivity contribution >= 4 is 11.5 Å². The highest BCUT2D eigenvalue weighted by Crippen LogP contribution is 2.25. The number of methoxy groups -OCH3 is 1. The van der Waals surface area contributed by atoms with E-state index < -0.39 is 23.0 Å². The standard InChI is InChI=1S/C15H13F2NO2/c1-8-3-4-13(18)10(5-8)15(19)14-11(16)6-9(20-2)7-12(14)17/h3-7H,18H2,1-2H3. The minimum atomic E-state index is -0.979. The Morgan fingerprint density at radius 2 is 1.75 bits per heavy atom. The molecule has 2 aromatic rings. The summed E-state index contributed by atoms with van der Waals surface area (Å²) < 4.78 is 32.5. The summed E-state index contributed by atoms with van der Waals surface area (Å²) in [6.45, 7) is 1.76. The number of benzene rings is 2. The molecule has 20 heavy (non-hydrogen) atoms. The van der Waals surface area contributed by atoms with Crippen LogP contribution >= 0.6 is 0 Å². The number of aryl methyl sites for hydroxylation is 1. The number of carbonyl (C=O) groups is 1. The van der Waals surface area contributed by atoms with Crippen molar-refractivity contribution in [1.29, 1.82) is 0 Å². The van der Waals surface area contributed by atoms with Crippen molar-refractivity contribution in [2.45, 2.75) is 6.92 Å². The van der Waals surface area contributed by atoms with Gasteiger partial charge in [0, 0.05) is 23.4 Å². The van der Waals surface area contributed by atoms with Crippen LogP contribution in [0.1, 0.15) is 21.5 Å². The van der Waals surface area contributed by atoms with E-state index in [1.165, 1.54) is 19.2 Å². The van der Waals surface area contributed by atoms with Gasteiger partial charge in [0.25, 0.3) is 0 Å². The van der Waals surface area contributed by atoms with E-state index in [2.05, 4.69) is 0 Å². The summed E-state index contributed by atoms with van der Waals surface area (Å²) in [5.74, 6) is -2.74. The molecule has 0 bridgehead atoms. The molecule has 5 heteroatoms. The van der Waals surface area contributed by atoms with Crippen molar-refractivity contribution in [2.75, 3.05) is 12.8 Å². The number of ketones is 1. The molecule has 0 saturated heterocycles. The van der Waals surface area contributed by atoms with Gasteiger partial charge in [0.15, 0.2) is 0 Å². The quantitative estimate of drug-likeness (QED) is 0.693. The minimum absolute atomic E-state index is 0.00811. The summed E-state index contributed by atoms with van der Waals surface area (Å²) in [5, 5.41) is 0. The molecule has 0 heterocycles. The summed E-state index contributed by atoms with van der Waals surface area (Å²) in [5.41, 5.74) is 6.09. The van der Waals surface area contributed by atoms with Gasteiger partial charge >= 0.3 is 0 Å². The van der Waals surface area contributed by atoms with Crippen molar-refractivity contribution in [2.24, 2.45) is 0 Å². The number of nitrogens with two attached hydrogens (primary N) is 1. The van der Waals surface area contributed by atoms with Gasteiger partial charge in [0.2, 0.25) is 5.78 Å². The Hall–Kier alpha value is -2.43. The summed E-state index contributed by atoms with van der Waals surface area (Å²) >= 11 is 0. The molecule has 2 N–H and O–H groups in total. The van der Waals surface area contributed by atoms with Crippen LogP contribution in [0, 0.1) is 18.6 Å². The third-order valence-corrected chi connectivity index (χ3v) is 2.93. The highest BCUT2D eigenvalue weighted by atomic mass is 19.1. The van der Waals surface area contributed by atoms with Crippen LogP contribution in [0.2, 0.25) is 0 Å². The van der Waals surface area contributed by atoms with Crippen LogP contribution in [0.3, 0.4) is 0 Å². The Kier molecular flexibility index (Phi) is 3.70. The molecule has 0 radical (unpaired) electrons. The Morgan fingerprint density at radius 3 is 2.30 bits per heavy atom. The summed E-state index contributed by atoms with van der Waals surface area (Å²) in [4.78, 5) is 12.3. The van der Waals surface area contributed by atoms with E-state index in [0.717, 1.165) is 17.7 Å². The Balaban J connectivity index is 2.56. The number of nitrogen functional groups attached to an aromatic ring is 1. The molecule has 3 nitrogen and oxygen atoms in total. The van der Waals surface area contributed by atoms with Gasteiger partial charge in [-0.05, 0) is 19.1 Å². The first-order valence-corrected chi connectivity index (χ1v) is 5.88. The van der Waals surface area contributed by atoms with Gasteiger partial charge in [-0.1, -0.05) is 11.6 Å². The number of hydrogen-bond donors (Lipinski definition) is 1. The lowest BCUT2D eigenvalue weighted by Gasteiger charge is -2.09. The number of ether oxygens (including phenoxy) is 1. The van der Waals surface area contributed by atoms with Crippen LogP contribution in [0.5, 0.6) is 5.75 Å². The van der Waals surface area contributed by atoms with Gasteiger partial charge in [-0.3, -0.25) is 4.79 Å². The van der Waals surface area contributed by atoms with Crippen molar-refractivity contribution in [3.8, 4) is 5.75 Å². The lowest BCUT2D eigenvalue weighted by Crippen LogP contribution is -2.10. The van der Waals surface area contributed by atoms with Crippen molar-refractivity contribution in [3.05, 3.63) is 58.7 Å². The monoisotopic (exact) mass is 277 g/mol. The molecule has 2 rings (SSSR count). The first-order valence-electron chi connectivity index (χ1n) is 5.88. The second-order valence-electron chi connectivity index (χ2n) is 4.39. The maximum atomic E-state index is 13.9. The average molecular weight is 277 g/mol. The van der Waals surface area contributed by atoms with E-state index in [4.69, 9.17) is 10.5 Å². The van der Waals surface area contributed by atoms with Gasteiger partial charge in [-0.25, -0.2) is 8.78 Å². The van der Waals surface area contributed by atoms with Gasteiger partial charge in [0.05, 0.1) is 12.7 Å². The average Bonchev–Trinajstić information content (AvgIpc) is 2.40. The third-order valence-electron chi connectivity index (χ3n) is 2.93. The molecule has 0 atom stereocenters. The number of hydrogen-bond acceptors (Lipinski definition) is 3. The predicted octanol–water partition coefficient (Wildman–Crippen LogP) is 3.10. The van der Waals surface area contributed by atoms with Gasteiger partial charge in [-0.15, -0.1) is 0 Å². The highest BCUT2D eigenvalue weighted by Gasteiger charge is 2.22. The van der Waals surface area contributed by atoms with E-state index in [-0.39, 0.29) is 17.0 Å². The zero-order chi connectivity index (χ0) is 14.9. The van der Waals surface area contributed by atoms with Crippen LogP contribution in [0.25, 0.3) is 0 Å². The number of rotatable bonds is 3. The van der Waals surface area contributed by atoms with Crippen molar-refractivity contribution < 1.29 is 18.3 Å².